The van der Waals surface area contributed by atoms with Crippen molar-refractivity contribution < 1.29 is 4.79 Å². The summed E-state index contributed by atoms with van der Waals surface area (Å²) in [7, 11) is 5.48. The average Bonchev–Trinajstić information content (AvgIpc) is 2.48. The van der Waals surface area contributed by atoms with Crippen LogP contribution >= 0.6 is 11.6 Å². The van der Waals surface area contributed by atoms with Gasteiger partial charge in [0.25, 0.3) is 0 Å². The van der Waals surface area contributed by atoms with E-state index in [1.54, 1.807) is 19.0 Å². The Morgan fingerprint density at radius 3 is 2.41 bits per heavy atom. The van der Waals surface area contributed by atoms with Crippen molar-refractivity contribution in [3.8, 4) is 0 Å². The van der Waals surface area contributed by atoms with Crippen LogP contribution in [0.2, 0.25) is 5.02 Å². The fraction of sp³-hybridized carbons (Fsp3) is 0.500. The van der Waals surface area contributed by atoms with Crippen molar-refractivity contribution in [3.05, 3.63) is 34.9 Å². The molecule has 0 heterocycles. The lowest BCUT2D eigenvalue weighted by molar-refractivity contribution is -0.128. The Balaban J connectivity index is 2.63. The Morgan fingerprint density at radius 1 is 1.23 bits per heavy atom. The number of carbonyl (C=O) groups excluding carboxylic acids is 1. The Morgan fingerprint density at radius 2 is 1.86 bits per heavy atom. The van der Waals surface area contributed by atoms with E-state index >= 15 is 0 Å². The van der Waals surface area contributed by atoms with Crippen LogP contribution in [0.25, 0.3) is 0 Å². The normalized spacial score (nSPS) is 11.2. The zero-order valence-electron chi connectivity index (χ0n) is 13.8. The van der Waals surface area contributed by atoms with Gasteiger partial charge in [0.15, 0.2) is 5.96 Å². The predicted molar refractivity (Wildman–Crippen MR) is 92.2 cm³/mol. The summed E-state index contributed by atoms with van der Waals surface area (Å²) in [4.78, 5) is 19.7. The number of benzene rings is 1. The Bertz CT molecular complexity index is 499. The molecular weight excluding hydrogens is 300 g/mol. The second-order valence-corrected chi connectivity index (χ2v) is 5.69. The molecule has 0 saturated carbocycles. The first-order valence-corrected chi connectivity index (χ1v) is 7.76. The van der Waals surface area contributed by atoms with Crippen LogP contribution in [0, 0.1) is 0 Å². The predicted octanol–water partition coefficient (Wildman–Crippen LogP) is 2.22. The summed E-state index contributed by atoms with van der Waals surface area (Å²) >= 11 is 5.90. The quantitative estimate of drug-likeness (QED) is 0.645. The van der Waals surface area contributed by atoms with Gasteiger partial charge in [-0.1, -0.05) is 23.7 Å². The molecule has 0 unspecified atom stereocenters. The van der Waals surface area contributed by atoms with Gasteiger partial charge in [-0.3, -0.25) is 9.79 Å². The molecule has 1 N–H and O–H groups in total. The third-order valence-electron chi connectivity index (χ3n) is 3.12. The first-order valence-electron chi connectivity index (χ1n) is 7.38. The van der Waals surface area contributed by atoms with Gasteiger partial charge in [0.05, 0.1) is 6.54 Å². The van der Waals surface area contributed by atoms with E-state index in [9.17, 15) is 4.79 Å². The summed E-state index contributed by atoms with van der Waals surface area (Å²) in [5.74, 6) is 0.879. The molecule has 0 bridgehead atoms. The smallest absolute Gasteiger partial charge is 0.223 e. The summed E-state index contributed by atoms with van der Waals surface area (Å²) in [6.07, 6.45) is 0.413. The zero-order valence-corrected chi connectivity index (χ0v) is 14.5. The molecular formula is C16H25ClN4O. The lowest BCUT2D eigenvalue weighted by Crippen LogP contribution is -2.38. The second kappa shape index (κ2) is 9.30. The summed E-state index contributed by atoms with van der Waals surface area (Å²) in [5, 5.41) is 3.97. The molecule has 0 aliphatic rings. The molecule has 1 amide bonds. The van der Waals surface area contributed by atoms with Gasteiger partial charge in [-0.2, -0.15) is 0 Å². The highest BCUT2D eigenvalue weighted by Gasteiger charge is 2.08. The summed E-state index contributed by atoms with van der Waals surface area (Å²) < 4.78 is 0. The van der Waals surface area contributed by atoms with Crippen molar-refractivity contribution in [1.29, 1.82) is 0 Å². The number of hydrogen-bond donors (Lipinski definition) is 1. The third kappa shape index (κ3) is 6.35. The van der Waals surface area contributed by atoms with E-state index in [1.165, 1.54) is 0 Å². The van der Waals surface area contributed by atoms with Crippen molar-refractivity contribution in [1.82, 2.24) is 15.1 Å². The Labute approximate surface area is 138 Å². The molecule has 0 aliphatic carbocycles. The minimum absolute atomic E-state index is 0.0833. The van der Waals surface area contributed by atoms with Gasteiger partial charge in [0, 0.05) is 45.7 Å². The fourth-order valence-electron chi connectivity index (χ4n) is 1.89. The molecule has 0 radical (unpaired) electrons. The molecule has 0 spiro atoms. The molecule has 6 heteroatoms. The maximum absolute atomic E-state index is 11.6. The van der Waals surface area contributed by atoms with Crippen LogP contribution in [0.4, 0.5) is 0 Å². The van der Waals surface area contributed by atoms with Crippen molar-refractivity contribution in [2.24, 2.45) is 4.99 Å². The summed E-state index contributed by atoms with van der Waals surface area (Å²) in [5.41, 5.74) is 1.15. The largest absolute Gasteiger partial charge is 0.357 e. The highest BCUT2D eigenvalue weighted by molar-refractivity contribution is 6.30. The van der Waals surface area contributed by atoms with Gasteiger partial charge in [-0.05, 0) is 24.6 Å². The van der Waals surface area contributed by atoms with Crippen LogP contribution < -0.4 is 5.32 Å². The number of carbonyl (C=O) groups is 1. The number of aliphatic imine (C=N–C) groups is 1. The number of guanidine groups is 1. The minimum Gasteiger partial charge on any atom is -0.357 e. The first-order chi connectivity index (χ1) is 10.4. The minimum atomic E-state index is 0.0833. The van der Waals surface area contributed by atoms with E-state index in [0.717, 1.165) is 29.6 Å². The molecule has 22 heavy (non-hydrogen) atoms. The molecule has 1 aromatic rings. The van der Waals surface area contributed by atoms with E-state index in [1.807, 2.05) is 43.1 Å². The maximum atomic E-state index is 11.6. The van der Waals surface area contributed by atoms with Crippen molar-refractivity contribution >= 4 is 23.5 Å². The number of nitrogens with zero attached hydrogens (tertiary/aromatic N) is 3. The molecule has 0 saturated heterocycles. The zero-order chi connectivity index (χ0) is 16.5. The molecule has 1 aromatic carbocycles. The third-order valence-corrected chi connectivity index (χ3v) is 3.37. The van der Waals surface area contributed by atoms with Crippen LogP contribution in [0.3, 0.4) is 0 Å². The van der Waals surface area contributed by atoms with E-state index in [4.69, 9.17) is 11.6 Å². The summed E-state index contributed by atoms with van der Waals surface area (Å²) in [6, 6.07) is 7.75. The van der Waals surface area contributed by atoms with Crippen molar-refractivity contribution in [3.63, 3.8) is 0 Å². The van der Waals surface area contributed by atoms with E-state index < -0.39 is 0 Å². The van der Waals surface area contributed by atoms with Crippen molar-refractivity contribution in [2.45, 2.75) is 19.9 Å². The molecule has 0 atom stereocenters. The van der Waals surface area contributed by atoms with Crippen LogP contribution in [0.1, 0.15) is 18.9 Å². The van der Waals surface area contributed by atoms with Crippen LogP contribution in [0.15, 0.2) is 29.3 Å². The van der Waals surface area contributed by atoms with Crippen LogP contribution in [0.5, 0.6) is 0 Å². The SMILES string of the molecule is CCNC(=NCCC(=O)N(C)C)N(C)Cc1ccc(Cl)cc1. The van der Waals surface area contributed by atoms with Crippen LogP contribution in [-0.4, -0.2) is 55.9 Å². The average molecular weight is 325 g/mol. The van der Waals surface area contributed by atoms with Crippen LogP contribution in [-0.2, 0) is 11.3 Å². The number of hydrogen-bond acceptors (Lipinski definition) is 2. The topological polar surface area (TPSA) is 47.9 Å². The van der Waals surface area contributed by atoms with E-state index in [2.05, 4.69) is 10.3 Å². The number of halogens is 1. The lowest BCUT2D eigenvalue weighted by atomic mass is 10.2. The lowest BCUT2D eigenvalue weighted by Gasteiger charge is -2.22. The van der Waals surface area contributed by atoms with Gasteiger partial charge in [-0.25, -0.2) is 0 Å². The summed E-state index contributed by atoms with van der Waals surface area (Å²) in [6.45, 7) is 4.01. The highest BCUT2D eigenvalue weighted by atomic mass is 35.5. The van der Waals surface area contributed by atoms with E-state index in [-0.39, 0.29) is 5.91 Å². The number of nitrogens with one attached hydrogen (secondary N) is 1. The number of amides is 1. The molecule has 5 nitrogen and oxygen atoms in total. The van der Waals surface area contributed by atoms with Gasteiger partial charge >= 0.3 is 0 Å². The molecule has 1 rings (SSSR count). The monoisotopic (exact) mass is 324 g/mol. The second-order valence-electron chi connectivity index (χ2n) is 5.26. The molecule has 0 aromatic heterocycles. The van der Waals surface area contributed by atoms with E-state index in [0.29, 0.717) is 13.0 Å². The molecule has 0 fully saturated rings. The molecule has 122 valence electrons. The maximum Gasteiger partial charge on any atom is 0.223 e. The standard InChI is InChI=1S/C16H25ClN4O/c1-5-18-16(19-11-10-15(22)20(2)3)21(4)12-13-6-8-14(17)9-7-13/h6-9H,5,10-12H2,1-4H3,(H,18,19). The van der Waals surface area contributed by atoms with Gasteiger partial charge in [-0.15, -0.1) is 0 Å². The fourth-order valence-corrected chi connectivity index (χ4v) is 2.02. The Hall–Kier alpha value is -1.75. The Kier molecular flexibility index (Phi) is 7.74. The number of rotatable bonds is 6. The first kappa shape index (κ1) is 18.3. The van der Waals surface area contributed by atoms with Gasteiger partial charge < -0.3 is 15.1 Å². The molecule has 0 aliphatic heterocycles. The van der Waals surface area contributed by atoms with Gasteiger partial charge in [0.2, 0.25) is 5.91 Å². The highest BCUT2D eigenvalue weighted by Crippen LogP contribution is 2.11. The van der Waals surface area contributed by atoms with Crippen molar-refractivity contribution in [2.75, 3.05) is 34.2 Å². The van der Waals surface area contributed by atoms with Gasteiger partial charge in [0.1, 0.15) is 0 Å².